The van der Waals surface area contributed by atoms with Crippen LogP contribution in [0.5, 0.6) is 0 Å². The molecule has 2 aliphatic rings. The molecule has 2 atom stereocenters. The number of hydrogen-bond donors (Lipinski definition) is 0. The normalized spacial score (nSPS) is 34.9. The molecular formula is C13H18N2O3. The van der Waals surface area contributed by atoms with E-state index >= 15 is 0 Å². The monoisotopic (exact) mass is 250 g/mol. The number of nitriles is 1. The average Bonchev–Trinajstić information content (AvgIpc) is 2.61. The Morgan fingerprint density at radius 2 is 2.17 bits per heavy atom. The molecule has 1 amide bonds. The van der Waals surface area contributed by atoms with Crippen molar-refractivity contribution < 1.29 is 14.3 Å². The third-order valence-corrected chi connectivity index (χ3v) is 4.43. The van der Waals surface area contributed by atoms with Gasteiger partial charge in [0.25, 0.3) is 0 Å². The molecular weight excluding hydrogens is 232 g/mol. The molecule has 0 bridgehead atoms. The lowest BCUT2D eigenvalue weighted by molar-refractivity contribution is -0.162. The standard InChI is InChI=1S/C13H18N2O3/c1-3-18-11(17)12-6-4-5-7-13(12,9-14)15(2)10(16)8-12/h3-8H2,1-2H3/t12-,13+/m1/s1. The summed E-state index contributed by atoms with van der Waals surface area (Å²) in [6.45, 7) is 2.02. The quantitative estimate of drug-likeness (QED) is 0.691. The van der Waals surface area contributed by atoms with Gasteiger partial charge in [-0.15, -0.1) is 0 Å². The summed E-state index contributed by atoms with van der Waals surface area (Å²) in [6.07, 6.45) is 2.96. The van der Waals surface area contributed by atoms with Gasteiger partial charge in [-0.3, -0.25) is 9.59 Å². The molecule has 5 heteroatoms. The van der Waals surface area contributed by atoms with Gasteiger partial charge in [0, 0.05) is 13.5 Å². The van der Waals surface area contributed by atoms with E-state index in [0.717, 1.165) is 12.8 Å². The van der Waals surface area contributed by atoms with E-state index in [0.29, 0.717) is 12.8 Å². The fourth-order valence-electron chi connectivity index (χ4n) is 3.42. The molecule has 1 saturated carbocycles. The van der Waals surface area contributed by atoms with Gasteiger partial charge in [-0.25, -0.2) is 0 Å². The lowest BCUT2D eigenvalue weighted by Crippen LogP contribution is -2.57. The molecule has 0 N–H and O–H groups in total. The van der Waals surface area contributed by atoms with Gasteiger partial charge in [0.2, 0.25) is 5.91 Å². The van der Waals surface area contributed by atoms with Crippen LogP contribution >= 0.6 is 0 Å². The van der Waals surface area contributed by atoms with E-state index in [-0.39, 0.29) is 24.9 Å². The number of amides is 1. The summed E-state index contributed by atoms with van der Waals surface area (Å²) in [4.78, 5) is 25.8. The zero-order valence-electron chi connectivity index (χ0n) is 10.9. The molecule has 1 saturated heterocycles. The van der Waals surface area contributed by atoms with Crippen molar-refractivity contribution in [2.24, 2.45) is 5.41 Å². The second-order valence-electron chi connectivity index (χ2n) is 5.11. The first-order valence-corrected chi connectivity index (χ1v) is 6.39. The van der Waals surface area contributed by atoms with Crippen LogP contribution in [0, 0.1) is 16.7 Å². The van der Waals surface area contributed by atoms with Crippen molar-refractivity contribution >= 4 is 11.9 Å². The van der Waals surface area contributed by atoms with Gasteiger partial charge in [-0.1, -0.05) is 6.42 Å². The van der Waals surface area contributed by atoms with E-state index in [1.807, 2.05) is 0 Å². The number of nitrogens with zero attached hydrogens (tertiary/aromatic N) is 2. The van der Waals surface area contributed by atoms with Gasteiger partial charge in [-0.2, -0.15) is 5.26 Å². The number of esters is 1. The van der Waals surface area contributed by atoms with E-state index in [4.69, 9.17) is 4.74 Å². The Labute approximate surface area is 107 Å². The number of carbonyl (C=O) groups excluding carboxylic acids is 2. The van der Waals surface area contributed by atoms with E-state index in [2.05, 4.69) is 6.07 Å². The van der Waals surface area contributed by atoms with Gasteiger partial charge < -0.3 is 9.64 Å². The summed E-state index contributed by atoms with van der Waals surface area (Å²) < 4.78 is 5.14. The lowest BCUT2D eigenvalue weighted by atomic mass is 9.62. The van der Waals surface area contributed by atoms with Crippen LogP contribution in [-0.4, -0.2) is 36.0 Å². The molecule has 2 fully saturated rings. The Kier molecular flexibility index (Phi) is 3.05. The summed E-state index contributed by atoms with van der Waals surface area (Å²) in [5.41, 5.74) is -1.96. The van der Waals surface area contributed by atoms with Crippen molar-refractivity contribution in [2.45, 2.75) is 44.6 Å². The number of fused-ring (bicyclic) bond motifs is 1. The summed E-state index contributed by atoms with van der Waals surface area (Å²) in [5.74, 6) is -0.518. The van der Waals surface area contributed by atoms with Crippen molar-refractivity contribution in [1.29, 1.82) is 5.26 Å². The molecule has 2 rings (SSSR count). The highest BCUT2D eigenvalue weighted by Crippen LogP contribution is 2.55. The molecule has 5 nitrogen and oxygen atoms in total. The molecule has 0 aromatic heterocycles. The third kappa shape index (κ3) is 1.38. The molecule has 0 unspecified atom stereocenters. The predicted octanol–water partition coefficient (Wildman–Crippen LogP) is 1.23. The van der Waals surface area contributed by atoms with Crippen LogP contribution < -0.4 is 0 Å². The van der Waals surface area contributed by atoms with E-state index < -0.39 is 11.0 Å². The highest BCUT2D eigenvalue weighted by molar-refractivity contribution is 5.93. The van der Waals surface area contributed by atoms with Crippen LogP contribution in [-0.2, 0) is 14.3 Å². The molecule has 0 aromatic carbocycles. The summed E-state index contributed by atoms with van der Waals surface area (Å²) >= 11 is 0. The second-order valence-corrected chi connectivity index (χ2v) is 5.11. The Balaban J connectivity index is 2.50. The molecule has 0 spiro atoms. The van der Waals surface area contributed by atoms with Crippen LogP contribution in [0.15, 0.2) is 0 Å². The second kappa shape index (κ2) is 4.27. The first kappa shape index (κ1) is 12.9. The Hall–Kier alpha value is -1.57. The first-order chi connectivity index (χ1) is 8.54. The lowest BCUT2D eigenvalue weighted by Gasteiger charge is -2.44. The summed E-state index contributed by atoms with van der Waals surface area (Å²) in [7, 11) is 1.62. The van der Waals surface area contributed by atoms with E-state index in [1.54, 1.807) is 14.0 Å². The Morgan fingerprint density at radius 3 is 2.78 bits per heavy atom. The molecule has 0 radical (unpaired) electrons. The molecule has 18 heavy (non-hydrogen) atoms. The number of rotatable bonds is 2. The van der Waals surface area contributed by atoms with Crippen LogP contribution in [0.25, 0.3) is 0 Å². The molecule has 1 aliphatic heterocycles. The number of ether oxygens (including phenoxy) is 1. The van der Waals surface area contributed by atoms with Crippen molar-refractivity contribution in [3.63, 3.8) is 0 Å². The van der Waals surface area contributed by atoms with Crippen LogP contribution in [0.3, 0.4) is 0 Å². The van der Waals surface area contributed by atoms with Gasteiger partial charge >= 0.3 is 5.97 Å². The minimum Gasteiger partial charge on any atom is -0.465 e. The SMILES string of the molecule is CCOC(=O)[C@]12CCCC[C@@]1(C#N)N(C)C(=O)C2. The predicted molar refractivity (Wildman–Crippen MR) is 63.3 cm³/mol. The van der Waals surface area contributed by atoms with Crippen molar-refractivity contribution in [1.82, 2.24) is 4.90 Å². The largest absolute Gasteiger partial charge is 0.465 e. The van der Waals surface area contributed by atoms with Gasteiger partial charge in [0.05, 0.1) is 12.7 Å². The number of likely N-dealkylation sites (tertiary alicyclic amines) is 1. The van der Waals surface area contributed by atoms with Crippen LogP contribution in [0.4, 0.5) is 0 Å². The van der Waals surface area contributed by atoms with Crippen LogP contribution in [0.2, 0.25) is 0 Å². The highest BCUT2D eigenvalue weighted by atomic mass is 16.5. The smallest absolute Gasteiger partial charge is 0.316 e. The molecule has 1 aliphatic carbocycles. The summed E-state index contributed by atoms with van der Waals surface area (Å²) in [5, 5.41) is 9.57. The van der Waals surface area contributed by atoms with Crippen molar-refractivity contribution in [2.75, 3.05) is 13.7 Å². The first-order valence-electron chi connectivity index (χ1n) is 6.39. The van der Waals surface area contributed by atoms with Crippen LogP contribution in [0.1, 0.15) is 39.0 Å². The maximum Gasteiger partial charge on any atom is 0.316 e. The zero-order chi connectivity index (χ0) is 13.4. The average molecular weight is 250 g/mol. The molecule has 98 valence electrons. The van der Waals surface area contributed by atoms with Gasteiger partial charge in [0.1, 0.15) is 11.0 Å². The van der Waals surface area contributed by atoms with Gasteiger partial charge in [0.15, 0.2) is 0 Å². The Bertz CT molecular complexity index is 428. The fraction of sp³-hybridized carbons (Fsp3) is 0.769. The maximum atomic E-state index is 12.3. The van der Waals surface area contributed by atoms with E-state index in [1.165, 1.54) is 4.90 Å². The summed E-state index contributed by atoms with van der Waals surface area (Å²) in [6, 6.07) is 2.24. The minimum atomic E-state index is -1.01. The maximum absolute atomic E-state index is 12.3. The molecule has 1 heterocycles. The van der Waals surface area contributed by atoms with Gasteiger partial charge in [-0.05, 0) is 26.2 Å². The zero-order valence-corrected chi connectivity index (χ0v) is 10.9. The van der Waals surface area contributed by atoms with Crippen molar-refractivity contribution in [3.8, 4) is 6.07 Å². The number of hydrogen-bond acceptors (Lipinski definition) is 4. The highest BCUT2D eigenvalue weighted by Gasteiger charge is 2.67. The fourth-order valence-corrected chi connectivity index (χ4v) is 3.42. The Morgan fingerprint density at radius 1 is 1.50 bits per heavy atom. The van der Waals surface area contributed by atoms with Crippen molar-refractivity contribution in [3.05, 3.63) is 0 Å². The number of carbonyl (C=O) groups is 2. The van der Waals surface area contributed by atoms with E-state index in [9.17, 15) is 14.9 Å². The topological polar surface area (TPSA) is 70.4 Å². The minimum absolute atomic E-state index is 0.107. The molecule has 0 aromatic rings. The third-order valence-electron chi connectivity index (χ3n) is 4.43.